The molecule has 1 atom stereocenters. The quantitative estimate of drug-likeness (QED) is 0.600. The lowest BCUT2D eigenvalue weighted by Gasteiger charge is -2.14. The summed E-state index contributed by atoms with van der Waals surface area (Å²) >= 11 is 5.97. The van der Waals surface area contributed by atoms with E-state index in [9.17, 15) is 10.1 Å². The number of nitro groups is 1. The van der Waals surface area contributed by atoms with E-state index in [0.717, 1.165) is 5.56 Å². The van der Waals surface area contributed by atoms with Gasteiger partial charge in [-0.05, 0) is 37.6 Å². The molecule has 1 heterocycles. The Bertz CT molecular complexity index is 741. The van der Waals surface area contributed by atoms with Gasteiger partial charge >= 0.3 is 11.6 Å². The van der Waals surface area contributed by atoms with Crippen LogP contribution in [0.4, 0.5) is 11.5 Å². The molecule has 8 nitrogen and oxygen atoms in total. The van der Waals surface area contributed by atoms with Gasteiger partial charge in [0.2, 0.25) is 5.82 Å². The van der Waals surface area contributed by atoms with Gasteiger partial charge < -0.3 is 14.8 Å². The Kier molecular flexibility index (Phi) is 5.88. The van der Waals surface area contributed by atoms with Gasteiger partial charge in [0.15, 0.2) is 0 Å². The molecule has 0 spiro atoms. The molecule has 0 bridgehead atoms. The van der Waals surface area contributed by atoms with Gasteiger partial charge in [0.1, 0.15) is 12.1 Å². The van der Waals surface area contributed by atoms with Gasteiger partial charge in [0, 0.05) is 18.2 Å². The smallest absolute Gasteiger partial charge is 0.373 e. The minimum Gasteiger partial charge on any atom is -0.434 e. The van der Waals surface area contributed by atoms with Gasteiger partial charge in [-0.25, -0.2) is 4.98 Å². The average Bonchev–Trinajstić information content (AvgIpc) is 2.51. The number of nitrogens with zero attached hydrogens (tertiary/aromatic N) is 3. The Morgan fingerprint density at radius 2 is 2.17 bits per heavy atom. The van der Waals surface area contributed by atoms with Crippen LogP contribution in [0.15, 0.2) is 24.5 Å². The van der Waals surface area contributed by atoms with E-state index >= 15 is 0 Å². The van der Waals surface area contributed by atoms with E-state index in [4.69, 9.17) is 21.1 Å². The van der Waals surface area contributed by atoms with Crippen LogP contribution in [0.25, 0.3) is 0 Å². The van der Waals surface area contributed by atoms with Gasteiger partial charge in [-0.15, -0.1) is 0 Å². The number of anilines is 1. The number of benzene rings is 1. The first kappa shape index (κ1) is 17.9. The van der Waals surface area contributed by atoms with Crippen LogP contribution >= 0.6 is 11.6 Å². The van der Waals surface area contributed by atoms with Crippen molar-refractivity contribution in [1.82, 2.24) is 9.97 Å². The predicted molar refractivity (Wildman–Crippen MR) is 89.9 cm³/mol. The van der Waals surface area contributed by atoms with Crippen LogP contribution in [0, 0.1) is 17.0 Å². The number of aryl methyl sites for hydroxylation is 1. The van der Waals surface area contributed by atoms with Crippen LogP contribution in [0.1, 0.15) is 12.5 Å². The summed E-state index contributed by atoms with van der Waals surface area (Å²) in [5.41, 5.74) is 0.450. The normalized spacial score (nSPS) is 11.8. The second-order valence-electron chi connectivity index (χ2n) is 5.15. The van der Waals surface area contributed by atoms with Crippen LogP contribution in [-0.2, 0) is 4.74 Å². The van der Waals surface area contributed by atoms with Gasteiger partial charge in [0.25, 0.3) is 0 Å². The fourth-order valence-corrected chi connectivity index (χ4v) is 2.14. The molecule has 0 aliphatic heterocycles. The van der Waals surface area contributed by atoms with Gasteiger partial charge in [-0.2, -0.15) is 4.98 Å². The van der Waals surface area contributed by atoms with E-state index in [-0.39, 0.29) is 23.4 Å². The first-order valence-electron chi connectivity index (χ1n) is 7.11. The molecule has 0 saturated carbocycles. The van der Waals surface area contributed by atoms with Crippen molar-refractivity contribution >= 4 is 23.1 Å². The lowest BCUT2D eigenvalue weighted by atomic mass is 10.2. The summed E-state index contributed by atoms with van der Waals surface area (Å²) in [4.78, 5) is 18.7. The molecule has 1 unspecified atom stereocenters. The fourth-order valence-electron chi connectivity index (χ4n) is 2.02. The molecule has 0 fully saturated rings. The maximum absolute atomic E-state index is 11.4. The molecule has 1 aromatic heterocycles. The highest BCUT2D eigenvalue weighted by Crippen LogP contribution is 2.35. The number of hydrogen-bond donors (Lipinski definition) is 1. The molecule has 24 heavy (non-hydrogen) atoms. The summed E-state index contributed by atoms with van der Waals surface area (Å²) in [6.07, 6.45) is 1.20. The molecule has 1 N–H and O–H groups in total. The minimum absolute atomic E-state index is 0.0697. The van der Waals surface area contributed by atoms with Crippen LogP contribution in [-0.4, -0.2) is 34.6 Å². The summed E-state index contributed by atoms with van der Waals surface area (Å²) in [6.45, 7) is 4.00. The lowest BCUT2D eigenvalue weighted by Crippen LogP contribution is -2.22. The zero-order valence-corrected chi connectivity index (χ0v) is 14.2. The number of ether oxygens (including phenoxy) is 2. The Hall–Kier alpha value is -2.45. The van der Waals surface area contributed by atoms with Crippen molar-refractivity contribution in [3.05, 3.63) is 45.2 Å². The van der Waals surface area contributed by atoms with Crippen molar-refractivity contribution in [2.75, 3.05) is 19.0 Å². The Balaban J connectivity index is 2.35. The highest BCUT2D eigenvalue weighted by atomic mass is 35.5. The standard InChI is InChI=1S/C15H17ClN4O4/c1-9-6-11(4-5-12(9)16)24-15-13(20(21)22)14(17-8-18-15)19-10(2)7-23-3/h4-6,8,10H,7H2,1-3H3,(H,17,18,19). The summed E-state index contributed by atoms with van der Waals surface area (Å²) < 4.78 is 10.6. The molecule has 2 rings (SSSR count). The zero-order valence-electron chi connectivity index (χ0n) is 13.4. The van der Waals surface area contributed by atoms with Crippen LogP contribution in [0.2, 0.25) is 5.02 Å². The number of halogens is 1. The molecule has 0 amide bonds. The van der Waals surface area contributed by atoms with Gasteiger partial charge in [-0.1, -0.05) is 11.6 Å². The third-order valence-corrected chi connectivity index (χ3v) is 3.54. The molecule has 0 aliphatic carbocycles. The number of methoxy groups -OCH3 is 1. The van der Waals surface area contributed by atoms with Crippen molar-refractivity contribution in [2.45, 2.75) is 19.9 Å². The van der Waals surface area contributed by atoms with E-state index in [1.54, 1.807) is 25.3 Å². The first-order chi connectivity index (χ1) is 11.4. The molecule has 0 saturated heterocycles. The van der Waals surface area contributed by atoms with Crippen molar-refractivity contribution in [3.8, 4) is 11.6 Å². The van der Waals surface area contributed by atoms with Crippen molar-refractivity contribution < 1.29 is 14.4 Å². The second-order valence-corrected chi connectivity index (χ2v) is 5.55. The van der Waals surface area contributed by atoms with E-state index in [1.165, 1.54) is 6.33 Å². The van der Waals surface area contributed by atoms with Crippen molar-refractivity contribution in [2.24, 2.45) is 0 Å². The third kappa shape index (κ3) is 4.30. The number of rotatable bonds is 7. The molecular weight excluding hydrogens is 336 g/mol. The maximum Gasteiger partial charge on any atom is 0.373 e. The van der Waals surface area contributed by atoms with E-state index in [0.29, 0.717) is 17.4 Å². The van der Waals surface area contributed by atoms with Crippen LogP contribution in [0.5, 0.6) is 11.6 Å². The highest BCUT2D eigenvalue weighted by molar-refractivity contribution is 6.31. The molecule has 0 aliphatic rings. The van der Waals surface area contributed by atoms with Crippen molar-refractivity contribution in [1.29, 1.82) is 0 Å². The fraction of sp³-hybridized carbons (Fsp3) is 0.333. The summed E-state index contributed by atoms with van der Waals surface area (Å²) in [7, 11) is 1.55. The van der Waals surface area contributed by atoms with Crippen LogP contribution in [0.3, 0.4) is 0 Å². The lowest BCUT2D eigenvalue weighted by molar-refractivity contribution is -0.385. The Labute approximate surface area is 143 Å². The minimum atomic E-state index is -0.583. The van der Waals surface area contributed by atoms with Crippen molar-refractivity contribution in [3.63, 3.8) is 0 Å². The first-order valence-corrected chi connectivity index (χ1v) is 7.49. The summed E-state index contributed by atoms with van der Waals surface area (Å²) in [5, 5.41) is 14.9. The SMILES string of the molecule is COCC(C)Nc1ncnc(Oc2ccc(Cl)c(C)c2)c1[N+](=O)[O-]. The number of nitrogens with one attached hydrogen (secondary N) is 1. The number of aromatic nitrogens is 2. The molecular formula is C15H17ClN4O4. The topological polar surface area (TPSA) is 99.4 Å². The van der Waals surface area contributed by atoms with E-state index < -0.39 is 4.92 Å². The van der Waals surface area contributed by atoms with E-state index in [2.05, 4.69) is 15.3 Å². The van der Waals surface area contributed by atoms with E-state index in [1.807, 2.05) is 13.8 Å². The maximum atomic E-state index is 11.4. The summed E-state index contributed by atoms with van der Waals surface area (Å²) in [6, 6.07) is 4.77. The predicted octanol–water partition coefficient (Wildman–Crippen LogP) is 3.59. The molecule has 128 valence electrons. The molecule has 2 aromatic rings. The highest BCUT2D eigenvalue weighted by Gasteiger charge is 2.26. The summed E-state index contributed by atoms with van der Waals surface area (Å²) in [5.74, 6) is 0.318. The van der Waals surface area contributed by atoms with Gasteiger partial charge in [-0.3, -0.25) is 10.1 Å². The van der Waals surface area contributed by atoms with Gasteiger partial charge in [0.05, 0.1) is 11.5 Å². The monoisotopic (exact) mass is 352 g/mol. The third-order valence-electron chi connectivity index (χ3n) is 3.11. The van der Waals surface area contributed by atoms with Crippen LogP contribution < -0.4 is 10.1 Å². The second kappa shape index (κ2) is 7.89. The largest absolute Gasteiger partial charge is 0.434 e. The molecule has 0 radical (unpaired) electrons. The Morgan fingerprint density at radius 3 is 2.79 bits per heavy atom. The molecule has 9 heteroatoms. The zero-order chi connectivity index (χ0) is 17.7. The number of hydrogen-bond acceptors (Lipinski definition) is 7. The molecule has 1 aromatic carbocycles. The average molecular weight is 353 g/mol. The Morgan fingerprint density at radius 1 is 1.42 bits per heavy atom.